The second-order valence-electron chi connectivity index (χ2n) is 5.18. The highest BCUT2D eigenvalue weighted by Crippen LogP contribution is 2.30. The molecule has 0 aliphatic rings. The zero-order valence-electron chi connectivity index (χ0n) is 12.8. The average Bonchev–Trinajstić information content (AvgIpc) is 2.54. The van der Waals surface area contributed by atoms with Gasteiger partial charge in [-0.1, -0.05) is 18.2 Å². The lowest BCUT2D eigenvalue weighted by Gasteiger charge is -2.15. The van der Waals surface area contributed by atoms with Gasteiger partial charge in [0.25, 0.3) is 0 Å². The van der Waals surface area contributed by atoms with Gasteiger partial charge in [-0.05, 0) is 30.7 Å². The molecule has 0 atom stereocenters. The van der Waals surface area contributed by atoms with Gasteiger partial charge in [-0.25, -0.2) is 14.3 Å². The van der Waals surface area contributed by atoms with E-state index < -0.39 is 17.6 Å². The summed E-state index contributed by atoms with van der Waals surface area (Å²) in [5.41, 5.74) is -0.699. The number of nitrogens with zero attached hydrogens (tertiary/aromatic N) is 3. The van der Waals surface area contributed by atoms with Crippen LogP contribution in [0.15, 0.2) is 41.2 Å². The van der Waals surface area contributed by atoms with Gasteiger partial charge in [-0.3, -0.25) is 0 Å². The Hall–Kier alpha value is -2.90. The third kappa shape index (κ3) is 2.60. The predicted molar refractivity (Wildman–Crippen MR) is 84.4 cm³/mol. The first kappa shape index (κ1) is 16.0. The lowest BCUT2D eigenvalue weighted by atomic mass is 10.2. The van der Waals surface area contributed by atoms with Crippen LogP contribution in [0.2, 0.25) is 0 Å². The molecular weight excluding hydrogens is 321 g/mol. The van der Waals surface area contributed by atoms with Crippen molar-refractivity contribution in [1.29, 1.82) is 0 Å². The van der Waals surface area contributed by atoms with Gasteiger partial charge < -0.3 is 5.32 Å². The predicted octanol–water partition coefficient (Wildman–Crippen LogP) is 3.15. The van der Waals surface area contributed by atoms with Crippen molar-refractivity contribution in [2.24, 2.45) is 0 Å². The maximum absolute atomic E-state index is 13.0. The molecule has 24 heavy (non-hydrogen) atoms. The molecule has 0 fully saturated rings. The average molecular weight is 334 g/mol. The van der Waals surface area contributed by atoms with E-state index in [0.29, 0.717) is 11.1 Å². The molecule has 1 N–H and O–H groups in total. The van der Waals surface area contributed by atoms with Crippen molar-refractivity contribution < 1.29 is 13.2 Å². The van der Waals surface area contributed by atoms with Crippen molar-refractivity contribution in [3.8, 4) is 5.69 Å². The third-order valence-electron chi connectivity index (χ3n) is 3.62. The number of pyridine rings is 1. The smallest absolute Gasteiger partial charge is 0.372 e. The maximum atomic E-state index is 13.0. The second kappa shape index (κ2) is 5.63. The molecule has 0 aliphatic carbocycles. The molecule has 8 heteroatoms. The van der Waals surface area contributed by atoms with Crippen LogP contribution in [0.25, 0.3) is 16.7 Å². The fraction of sp³-hybridized carbons (Fsp3) is 0.188. The number of benzene rings is 1. The number of rotatable bonds is 2. The number of nitrogens with one attached hydrogen (secondary N) is 1. The van der Waals surface area contributed by atoms with Crippen LogP contribution in [-0.2, 0) is 6.18 Å². The molecule has 3 rings (SSSR count). The molecule has 2 aromatic heterocycles. The van der Waals surface area contributed by atoms with Gasteiger partial charge in [0.2, 0.25) is 0 Å². The Morgan fingerprint density at radius 2 is 1.79 bits per heavy atom. The standard InChI is InChI=1S/C16H13F3N4O/c1-9-5-3-4-6-11(9)23-14-10(13(20-2)22-15(23)24)7-8-12(21-14)16(17,18)19/h3-8H,1-2H3,(H,20,22,24). The first-order chi connectivity index (χ1) is 11.3. The van der Waals surface area contributed by atoms with Crippen LogP contribution in [0.3, 0.4) is 0 Å². The Bertz CT molecular complexity index is 979. The van der Waals surface area contributed by atoms with Crippen molar-refractivity contribution in [3.63, 3.8) is 0 Å². The van der Waals surface area contributed by atoms with Crippen LogP contribution >= 0.6 is 0 Å². The molecule has 5 nitrogen and oxygen atoms in total. The fourth-order valence-corrected chi connectivity index (χ4v) is 2.48. The van der Waals surface area contributed by atoms with E-state index in [4.69, 9.17) is 0 Å². The summed E-state index contributed by atoms with van der Waals surface area (Å²) in [6, 6.07) is 9.00. The topological polar surface area (TPSA) is 59.8 Å². The lowest BCUT2D eigenvalue weighted by Crippen LogP contribution is -2.25. The van der Waals surface area contributed by atoms with Crippen molar-refractivity contribution in [3.05, 3.63) is 58.1 Å². The van der Waals surface area contributed by atoms with E-state index in [1.165, 1.54) is 13.1 Å². The molecule has 0 saturated carbocycles. The quantitative estimate of drug-likeness (QED) is 0.782. The van der Waals surface area contributed by atoms with Crippen molar-refractivity contribution in [2.75, 3.05) is 12.4 Å². The molecule has 3 aromatic rings. The van der Waals surface area contributed by atoms with Gasteiger partial charge in [0.15, 0.2) is 5.65 Å². The molecule has 124 valence electrons. The van der Waals surface area contributed by atoms with E-state index in [1.807, 2.05) is 0 Å². The highest BCUT2D eigenvalue weighted by atomic mass is 19.4. The van der Waals surface area contributed by atoms with Crippen LogP contribution in [0.5, 0.6) is 0 Å². The van der Waals surface area contributed by atoms with Gasteiger partial charge in [-0.15, -0.1) is 0 Å². The molecule has 0 bridgehead atoms. The minimum Gasteiger partial charge on any atom is -0.372 e. The molecule has 2 heterocycles. The zero-order chi connectivity index (χ0) is 17.5. The zero-order valence-corrected chi connectivity index (χ0v) is 12.8. The highest BCUT2D eigenvalue weighted by Gasteiger charge is 2.33. The molecule has 0 amide bonds. The molecule has 1 aromatic carbocycles. The van der Waals surface area contributed by atoms with Gasteiger partial charge in [0, 0.05) is 7.05 Å². The van der Waals surface area contributed by atoms with E-state index >= 15 is 0 Å². The molecule has 0 aliphatic heterocycles. The minimum absolute atomic E-state index is 0.0940. The first-order valence-corrected chi connectivity index (χ1v) is 7.07. The van der Waals surface area contributed by atoms with E-state index in [0.717, 1.165) is 16.2 Å². The Balaban J connectivity index is 2.46. The summed E-state index contributed by atoms with van der Waals surface area (Å²) < 4.78 is 40.2. The number of aromatic nitrogens is 3. The number of fused-ring (bicyclic) bond motifs is 1. The minimum atomic E-state index is -4.61. The van der Waals surface area contributed by atoms with Gasteiger partial charge in [-0.2, -0.15) is 18.2 Å². The molecule has 0 radical (unpaired) electrons. The van der Waals surface area contributed by atoms with Gasteiger partial charge in [0.05, 0.1) is 11.1 Å². The number of para-hydroxylation sites is 1. The van der Waals surface area contributed by atoms with Crippen LogP contribution in [0.4, 0.5) is 19.0 Å². The monoisotopic (exact) mass is 334 g/mol. The molecular formula is C16H13F3N4O. The van der Waals surface area contributed by atoms with E-state index in [1.54, 1.807) is 31.2 Å². The summed E-state index contributed by atoms with van der Waals surface area (Å²) in [6.45, 7) is 1.76. The SMILES string of the molecule is CNc1nc(=O)n(-c2ccccc2C)c2nc(C(F)(F)F)ccc12. The summed E-state index contributed by atoms with van der Waals surface area (Å²) >= 11 is 0. The summed E-state index contributed by atoms with van der Waals surface area (Å²) in [6.07, 6.45) is -4.61. The number of halogens is 3. The van der Waals surface area contributed by atoms with Crippen molar-refractivity contribution in [2.45, 2.75) is 13.1 Å². The molecule has 0 saturated heterocycles. The van der Waals surface area contributed by atoms with E-state index in [-0.39, 0.29) is 11.5 Å². The highest BCUT2D eigenvalue weighted by molar-refractivity contribution is 5.87. The van der Waals surface area contributed by atoms with Crippen LogP contribution in [0, 0.1) is 6.92 Å². The van der Waals surface area contributed by atoms with Crippen LogP contribution in [0.1, 0.15) is 11.3 Å². The largest absolute Gasteiger partial charge is 0.433 e. The second-order valence-corrected chi connectivity index (χ2v) is 5.18. The third-order valence-corrected chi connectivity index (χ3v) is 3.62. The Morgan fingerprint density at radius 3 is 2.42 bits per heavy atom. The maximum Gasteiger partial charge on any atom is 0.433 e. The Labute approximate surface area is 134 Å². The number of hydrogen-bond donors (Lipinski definition) is 1. The number of aryl methyl sites for hydroxylation is 1. The van der Waals surface area contributed by atoms with Gasteiger partial charge >= 0.3 is 11.9 Å². The summed E-state index contributed by atoms with van der Waals surface area (Å²) in [5.74, 6) is 0.182. The number of hydrogen-bond acceptors (Lipinski definition) is 4. The molecule has 0 spiro atoms. The summed E-state index contributed by atoms with van der Waals surface area (Å²) in [4.78, 5) is 20.0. The van der Waals surface area contributed by atoms with Gasteiger partial charge in [0.1, 0.15) is 11.5 Å². The number of alkyl halides is 3. The summed E-state index contributed by atoms with van der Waals surface area (Å²) in [5, 5.41) is 3.04. The van der Waals surface area contributed by atoms with E-state index in [2.05, 4.69) is 15.3 Å². The normalized spacial score (nSPS) is 11.7. The van der Waals surface area contributed by atoms with Crippen LogP contribution < -0.4 is 11.0 Å². The van der Waals surface area contributed by atoms with Crippen LogP contribution in [-0.4, -0.2) is 21.6 Å². The van der Waals surface area contributed by atoms with Crippen molar-refractivity contribution in [1.82, 2.24) is 14.5 Å². The Kier molecular flexibility index (Phi) is 3.75. The Morgan fingerprint density at radius 1 is 1.08 bits per heavy atom. The van der Waals surface area contributed by atoms with Crippen molar-refractivity contribution >= 4 is 16.9 Å². The summed E-state index contributed by atoms with van der Waals surface area (Å²) in [7, 11) is 1.54. The first-order valence-electron chi connectivity index (χ1n) is 7.07. The fourth-order valence-electron chi connectivity index (χ4n) is 2.48. The molecule has 0 unspecified atom stereocenters. The number of anilines is 1. The van der Waals surface area contributed by atoms with E-state index in [9.17, 15) is 18.0 Å². The lowest BCUT2D eigenvalue weighted by molar-refractivity contribution is -0.141.